The lowest BCUT2D eigenvalue weighted by molar-refractivity contribution is -0.123. The molecule has 1 aromatic carbocycles. The van der Waals surface area contributed by atoms with Gasteiger partial charge in [-0.3, -0.25) is 4.79 Å². The molecule has 0 atom stereocenters. The number of aromatic nitrogens is 1. The molecule has 1 aromatic heterocycles. The van der Waals surface area contributed by atoms with Crippen LogP contribution in [0.15, 0.2) is 29.6 Å². The number of carbonyl (C=O) groups is 1. The Balaban J connectivity index is 1.68. The summed E-state index contributed by atoms with van der Waals surface area (Å²) in [6.07, 6.45) is 2.49. The highest BCUT2D eigenvalue weighted by Gasteiger charge is 2.21. The molecule has 1 N–H and O–H groups in total. The van der Waals surface area contributed by atoms with E-state index in [4.69, 9.17) is 4.98 Å². The third kappa shape index (κ3) is 4.40. The second kappa shape index (κ2) is 7.16. The van der Waals surface area contributed by atoms with Crippen molar-refractivity contribution >= 4 is 28.1 Å². The molecule has 0 saturated carbocycles. The molecular formula is C20H27N3OS. The SMILES string of the molecule is CC1CCN(c2nc(-c3ccc(NC(=O)C(C)(C)C)cc3)cs2)CC1. The minimum Gasteiger partial charge on any atom is -0.348 e. The molecule has 0 unspecified atom stereocenters. The highest BCUT2D eigenvalue weighted by Crippen LogP contribution is 2.30. The third-order valence-corrected chi connectivity index (χ3v) is 5.57. The van der Waals surface area contributed by atoms with E-state index in [0.29, 0.717) is 0 Å². The van der Waals surface area contributed by atoms with Gasteiger partial charge in [-0.05, 0) is 30.9 Å². The first-order valence-corrected chi connectivity index (χ1v) is 9.83. The molecule has 1 aliphatic heterocycles. The number of rotatable bonds is 3. The van der Waals surface area contributed by atoms with Crippen molar-refractivity contribution in [3.8, 4) is 11.3 Å². The molecule has 0 radical (unpaired) electrons. The van der Waals surface area contributed by atoms with E-state index >= 15 is 0 Å². The highest BCUT2D eigenvalue weighted by atomic mass is 32.1. The van der Waals surface area contributed by atoms with E-state index in [1.807, 2.05) is 45.0 Å². The number of thiazole rings is 1. The van der Waals surface area contributed by atoms with E-state index in [-0.39, 0.29) is 5.91 Å². The smallest absolute Gasteiger partial charge is 0.229 e. The van der Waals surface area contributed by atoms with Crippen LogP contribution in [0.3, 0.4) is 0 Å². The maximum atomic E-state index is 12.1. The van der Waals surface area contributed by atoms with Crippen molar-refractivity contribution in [1.82, 2.24) is 4.98 Å². The Morgan fingerprint density at radius 3 is 2.44 bits per heavy atom. The minimum absolute atomic E-state index is 0.0236. The molecule has 1 fully saturated rings. The topological polar surface area (TPSA) is 45.2 Å². The molecule has 2 aromatic rings. The summed E-state index contributed by atoms with van der Waals surface area (Å²) >= 11 is 1.72. The second-order valence-corrected chi connectivity index (χ2v) is 8.80. The van der Waals surface area contributed by atoms with Gasteiger partial charge in [-0.2, -0.15) is 0 Å². The van der Waals surface area contributed by atoms with Crippen molar-refractivity contribution in [1.29, 1.82) is 0 Å². The molecule has 134 valence electrons. The maximum absolute atomic E-state index is 12.1. The Morgan fingerprint density at radius 1 is 1.20 bits per heavy atom. The van der Waals surface area contributed by atoms with Crippen molar-refractivity contribution in [3.05, 3.63) is 29.6 Å². The van der Waals surface area contributed by atoms with Gasteiger partial charge in [0.15, 0.2) is 5.13 Å². The Kier molecular flexibility index (Phi) is 5.13. The summed E-state index contributed by atoms with van der Waals surface area (Å²) < 4.78 is 0. The van der Waals surface area contributed by atoms with E-state index in [1.165, 1.54) is 12.8 Å². The second-order valence-electron chi connectivity index (χ2n) is 7.97. The predicted octanol–water partition coefficient (Wildman–Crippen LogP) is 5.03. The lowest BCUT2D eigenvalue weighted by Crippen LogP contribution is -2.32. The minimum atomic E-state index is -0.394. The molecule has 25 heavy (non-hydrogen) atoms. The lowest BCUT2D eigenvalue weighted by Gasteiger charge is -2.29. The van der Waals surface area contributed by atoms with E-state index < -0.39 is 5.41 Å². The summed E-state index contributed by atoms with van der Waals surface area (Å²) in [5.74, 6) is 0.849. The van der Waals surface area contributed by atoms with Crippen LogP contribution in [0.4, 0.5) is 10.8 Å². The molecule has 3 rings (SSSR count). The van der Waals surface area contributed by atoms with Gasteiger partial charge in [0.1, 0.15) is 0 Å². The summed E-state index contributed by atoms with van der Waals surface area (Å²) in [6.45, 7) is 10.3. The van der Waals surface area contributed by atoms with Crippen molar-refractivity contribution in [2.24, 2.45) is 11.3 Å². The molecule has 0 spiro atoms. The monoisotopic (exact) mass is 357 g/mol. The van der Waals surface area contributed by atoms with Crippen LogP contribution in [0.1, 0.15) is 40.5 Å². The molecule has 1 amide bonds. The van der Waals surface area contributed by atoms with Crippen molar-refractivity contribution in [3.63, 3.8) is 0 Å². The van der Waals surface area contributed by atoms with Crippen LogP contribution in [-0.2, 0) is 4.79 Å². The number of nitrogens with one attached hydrogen (secondary N) is 1. The van der Waals surface area contributed by atoms with Crippen molar-refractivity contribution in [2.75, 3.05) is 23.3 Å². The molecule has 1 aliphatic rings. The van der Waals surface area contributed by atoms with Crippen LogP contribution >= 0.6 is 11.3 Å². The Bertz CT molecular complexity index is 722. The first kappa shape index (κ1) is 17.9. The number of anilines is 2. The molecule has 0 aliphatic carbocycles. The van der Waals surface area contributed by atoms with Gasteiger partial charge in [-0.25, -0.2) is 4.98 Å². The zero-order chi connectivity index (χ0) is 18.0. The zero-order valence-corrected chi connectivity index (χ0v) is 16.3. The first-order valence-electron chi connectivity index (χ1n) is 8.95. The zero-order valence-electron chi connectivity index (χ0n) is 15.5. The van der Waals surface area contributed by atoms with E-state index in [2.05, 4.69) is 22.5 Å². The molecule has 4 nitrogen and oxygen atoms in total. The first-order chi connectivity index (χ1) is 11.8. The highest BCUT2D eigenvalue weighted by molar-refractivity contribution is 7.14. The number of nitrogens with zero attached hydrogens (tertiary/aromatic N) is 2. The summed E-state index contributed by atoms with van der Waals surface area (Å²) in [4.78, 5) is 19.3. The van der Waals surface area contributed by atoms with Crippen LogP contribution in [-0.4, -0.2) is 24.0 Å². The Labute approximate surface area is 154 Å². The van der Waals surface area contributed by atoms with Gasteiger partial charge < -0.3 is 10.2 Å². The normalized spacial score (nSPS) is 16.1. The molecule has 5 heteroatoms. The number of hydrogen-bond acceptors (Lipinski definition) is 4. The quantitative estimate of drug-likeness (QED) is 0.838. The Morgan fingerprint density at radius 2 is 1.84 bits per heavy atom. The van der Waals surface area contributed by atoms with Crippen molar-refractivity contribution < 1.29 is 4.79 Å². The average Bonchev–Trinajstić information content (AvgIpc) is 3.05. The van der Waals surface area contributed by atoms with E-state index in [9.17, 15) is 4.79 Å². The predicted molar refractivity (Wildman–Crippen MR) is 106 cm³/mol. The van der Waals surface area contributed by atoms with Gasteiger partial charge in [0, 0.05) is 35.1 Å². The van der Waals surface area contributed by atoms with E-state index in [0.717, 1.165) is 41.1 Å². The van der Waals surface area contributed by atoms with Gasteiger partial charge >= 0.3 is 0 Å². The van der Waals surface area contributed by atoms with E-state index in [1.54, 1.807) is 11.3 Å². The molecule has 0 bridgehead atoms. The average molecular weight is 358 g/mol. The van der Waals surface area contributed by atoms with Crippen LogP contribution in [0.5, 0.6) is 0 Å². The summed E-state index contributed by atoms with van der Waals surface area (Å²) in [5, 5.41) is 6.20. The van der Waals surface area contributed by atoms with Crippen LogP contribution < -0.4 is 10.2 Å². The fraction of sp³-hybridized carbons (Fsp3) is 0.500. The van der Waals surface area contributed by atoms with Gasteiger partial charge in [-0.15, -0.1) is 11.3 Å². The van der Waals surface area contributed by atoms with Gasteiger partial charge in [-0.1, -0.05) is 39.8 Å². The number of piperidine rings is 1. The Hall–Kier alpha value is -1.88. The molecular weight excluding hydrogens is 330 g/mol. The van der Waals surface area contributed by atoms with Gasteiger partial charge in [0.2, 0.25) is 5.91 Å². The number of benzene rings is 1. The fourth-order valence-corrected chi connectivity index (χ4v) is 3.67. The van der Waals surface area contributed by atoms with Gasteiger partial charge in [0.25, 0.3) is 0 Å². The molecule has 1 saturated heterocycles. The standard InChI is InChI=1S/C20H27N3OS/c1-14-9-11-23(12-10-14)19-22-17(13-25-19)15-5-7-16(8-6-15)21-18(24)20(2,3)4/h5-8,13-14H,9-12H2,1-4H3,(H,21,24). The van der Waals surface area contributed by atoms with Crippen molar-refractivity contribution in [2.45, 2.75) is 40.5 Å². The fourth-order valence-electron chi connectivity index (χ4n) is 2.78. The summed E-state index contributed by atoms with van der Waals surface area (Å²) in [7, 11) is 0. The van der Waals surface area contributed by atoms with Gasteiger partial charge in [0.05, 0.1) is 5.69 Å². The largest absolute Gasteiger partial charge is 0.348 e. The number of hydrogen-bond donors (Lipinski definition) is 1. The van der Waals surface area contributed by atoms with Crippen LogP contribution in [0.25, 0.3) is 11.3 Å². The summed E-state index contributed by atoms with van der Waals surface area (Å²) in [6, 6.07) is 7.94. The molecule has 2 heterocycles. The number of carbonyl (C=O) groups excluding carboxylic acids is 1. The lowest BCUT2D eigenvalue weighted by atomic mass is 9.95. The van der Waals surface area contributed by atoms with Crippen LogP contribution in [0.2, 0.25) is 0 Å². The number of amides is 1. The third-order valence-electron chi connectivity index (χ3n) is 4.67. The van der Waals surface area contributed by atoms with Crippen LogP contribution in [0, 0.1) is 11.3 Å². The summed E-state index contributed by atoms with van der Waals surface area (Å²) in [5.41, 5.74) is 2.52. The maximum Gasteiger partial charge on any atom is 0.229 e.